The summed E-state index contributed by atoms with van der Waals surface area (Å²) in [4.78, 5) is 29.0. The Bertz CT molecular complexity index is 1470. The summed E-state index contributed by atoms with van der Waals surface area (Å²) < 4.78 is 11.9. The molecule has 1 aliphatic heterocycles. The number of carbonyl (C=O) groups is 2. The highest BCUT2D eigenvalue weighted by Crippen LogP contribution is 2.69. The average Bonchev–Trinajstić information content (AvgIpc) is 3.38. The molecule has 6 heteroatoms. The molecule has 0 amide bonds. The molecule has 40 heavy (non-hydrogen) atoms. The van der Waals surface area contributed by atoms with Crippen molar-refractivity contribution in [2.24, 2.45) is 11.3 Å². The first-order chi connectivity index (χ1) is 18.7. The first-order valence-electron chi connectivity index (χ1n) is 14.8. The van der Waals surface area contributed by atoms with Crippen molar-refractivity contribution in [1.82, 2.24) is 4.98 Å². The second-order valence-electron chi connectivity index (χ2n) is 13.9. The normalized spacial score (nSPS) is 34.9. The van der Waals surface area contributed by atoms with Crippen LogP contribution in [0.5, 0.6) is 0 Å². The van der Waals surface area contributed by atoms with Crippen LogP contribution in [0.1, 0.15) is 91.0 Å². The van der Waals surface area contributed by atoms with E-state index in [1.165, 1.54) is 40.2 Å². The second-order valence-corrected chi connectivity index (χ2v) is 13.9. The molecule has 6 nitrogen and oxygen atoms in total. The smallest absolute Gasteiger partial charge is 0.303 e. The van der Waals surface area contributed by atoms with Gasteiger partial charge in [0.25, 0.3) is 0 Å². The van der Waals surface area contributed by atoms with Crippen LogP contribution in [0.4, 0.5) is 0 Å². The molecule has 2 heterocycles. The minimum atomic E-state index is -1.17. The number of fused-ring (bicyclic) bond motifs is 9. The third-order valence-electron chi connectivity index (χ3n) is 11.1. The summed E-state index contributed by atoms with van der Waals surface area (Å²) in [6.07, 6.45) is 7.51. The number of hydrogen-bond donors (Lipinski definition) is 2. The lowest BCUT2D eigenvalue weighted by Crippen LogP contribution is -2.68. The van der Waals surface area contributed by atoms with Gasteiger partial charge in [-0.15, -0.1) is 0 Å². The van der Waals surface area contributed by atoms with E-state index in [0.29, 0.717) is 24.3 Å². The van der Waals surface area contributed by atoms with Gasteiger partial charge in [0.2, 0.25) is 0 Å². The Hall–Kier alpha value is -2.70. The van der Waals surface area contributed by atoms with Gasteiger partial charge in [0.15, 0.2) is 11.9 Å². The van der Waals surface area contributed by atoms with Crippen LogP contribution in [0.2, 0.25) is 0 Å². The van der Waals surface area contributed by atoms with Gasteiger partial charge < -0.3 is 19.6 Å². The number of nitrogens with one attached hydrogen (secondary N) is 1. The molecule has 0 spiro atoms. The third kappa shape index (κ3) is 3.61. The summed E-state index contributed by atoms with van der Waals surface area (Å²) in [6, 6.07) is 6.55. The van der Waals surface area contributed by atoms with Crippen LogP contribution in [0, 0.1) is 11.3 Å². The minimum absolute atomic E-state index is 0.246. The maximum atomic E-state index is 13.5. The molecule has 2 aromatic rings. The standard InChI is InChI=1S/C34H43NO5/c1-19(2)11-12-21-9-8-10-25-28(21)23-17-22-13-16-34(38)24-18-26(37)30(31(4,5)40-20(3)36)39-27(24)14-15-32(34,6)33(22,7)29(23)35-25/h8-11,18,22,27,30,35,38H,12-17H2,1-7H3/t22-,27-,30?,32+,33+,34+/m0/s1. The highest BCUT2D eigenvalue weighted by Gasteiger charge is 2.70. The van der Waals surface area contributed by atoms with E-state index in [-0.39, 0.29) is 17.3 Å². The Morgan fingerprint density at radius 3 is 2.65 bits per heavy atom. The SMILES string of the molecule is CC(=O)OC(C)(C)C1O[C@H]2CC[C@@]3(C)[C@@](O)(CC[C@H]4Cc5c([nH]c6cccc(CC=C(C)C)c56)[C@@]43C)C2=CC1=O. The Kier molecular flexibility index (Phi) is 6.11. The Balaban J connectivity index is 1.43. The van der Waals surface area contributed by atoms with Gasteiger partial charge in [-0.25, -0.2) is 0 Å². The molecular formula is C34H43NO5. The van der Waals surface area contributed by atoms with Gasteiger partial charge >= 0.3 is 5.97 Å². The zero-order valence-corrected chi connectivity index (χ0v) is 24.9. The molecule has 1 unspecified atom stereocenters. The van der Waals surface area contributed by atoms with Gasteiger partial charge in [0.1, 0.15) is 5.60 Å². The predicted octanol–water partition coefficient (Wildman–Crippen LogP) is 6.04. The zero-order valence-electron chi connectivity index (χ0n) is 24.9. The Morgan fingerprint density at radius 1 is 1.20 bits per heavy atom. The molecule has 0 bridgehead atoms. The highest BCUT2D eigenvalue weighted by molar-refractivity contribution is 5.97. The van der Waals surface area contributed by atoms with Crippen LogP contribution in [-0.2, 0) is 37.3 Å². The molecule has 4 aliphatic rings. The Morgan fingerprint density at radius 2 is 1.95 bits per heavy atom. The summed E-state index contributed by atoms with van der Waals surface area (Å²) in [5.41, 5.74) is 4.16. The lowest BCUT2D eigenvalue weighted by molar-refractivity contribution is -0.202. The number of aromatic nitrogens is 1. The lowest BCUT2D eigenvalue weighted by atomic mass is 9.42. The van der Waals surface area contributed by atoms with Crippen LogP contribution in [0.3, 0.4) is 0 Å². The molecule has 2 saturated carbocycles. The fraction of sp³-hybridized carbons (Fsp3) is 0.588. The maximum absolute atomic E-state index is 13.5. The van der Waals surface area contributed by atoms with Gasteiger partial charge in [0, 0.05) is 34.4 Å². The summed E-state index contributed by atoms with van der Waals surface area (Å²) >= 11 is 0. The molecule has 0 saturated heterocycles. The van der Waals surface area contributed by atoms with Crippen molar-refractivity contribution in [3.63, 3.8) is 0 Å². The van der Waals surface area contributed by atoms with Crippen molar-refractivity contribution in [1.29, 1.82) is 0 Å². The number of allylic oxidation sites excluding steroid dienone is 2. The highest BCUT2D eigenvalue weighted by atomic mass is 16.6. The van der Waals surface area contributed by atoms with E-state index in [0.717, 1.165) is 25.7 Å². The van der Waals surface area contributed by atoms with Crippen LogP contribution < -0.4 is 0 Å². The van der Waals surface area contributed by atoms with Gasteiger partial charge in [-0.2, -0.15) is 0 Å². The number of H-pyrrole nitrogens is 1. The number of ether oxygens (including phenoxy) is 2. The summed E-state index contributed by atoms with van der Waals surface area (Å²) in [7, 11) is 0. The minimum Gasteiger partial charge on any atom is -0.457 e. The van der Waals surface area contributed by atoms with Crippen molar-refractivity contribution < 1.29 is 24.2 Å². The fourth-order valence-electron chi connectivity index (χ4n) is 8.90. The molecule has 2 N–H and O–H groups in total. The third-order valence-corrected chi connectivity index (χ3v) is 11.1. The van der Waals surface area contributed by atoms with Crippen molar-refractivity contribution in [2.45, 2.75) is 116 Å². The van der Waals surface area contributed by atoms with E-state index in [1.807, 2.05) is 0 Å². The summed E-state index contributed by atoms with van der Waals surface area (Å²) in [5.74, 6) is -0.284. The second kappa shape index (κ2) is 8.90. The number of carbonyl (C=O) groups excluding carboxylic acids is 2. The van der Waals surface area contributed by atoms with E-state index >= 15 is 0 Å². The zero-order chi connectivity index (χ0) is 28.8. The molecule has 214 valence electrons. The van der Waals surface area contributed by atoms with Gasteiger partial charge in [-0.05, 0) is 101 Å². The number of rotatable bonds is 4. The molecule has 6 rings (SSSR count). The molecule has 1 aromatic heterocycles. The van der Waals surface area contributed by atoms with Crippen molar-refractivity contribution in [3.8, 4) is 0 Å². The van der Waals surface area contributed by atoms with E-state index in [4.69, 9.17) is 9.47 Å². The number of esters is 1. The van der Waals surface area contributed by atoms with E-state index in [2.05, 4.69) is 57.0 Å². The molecule has 1 aromatic carbocycles. The first kappa shape index (κ1) is 27.5. The van der Waals surface area contributed by atoms with Gasteiger partial charge in [-0.3, -0.25) is 9.59 Å². The number of aromatic amines is 1. The van der Waals surface area contributed by atoms with Gasteiger partial charge in [-0.1, -0.05) is 37.6 Å². The average molecular weight is 546 g/mol. The van der Waals surface area contributed by atoms with E-state index in [9.17, 15) is 14.7 Å². The predicted molar refractivity (Wildman–Crippen MR) is 155 cm³/mol. The summed E-state index contributed by atoms with van der Waals surface area (Å²) in [6.45, 7) is 13.6. The van der Waals surface area contributed by atoms with Crippen LogP contribution >= 0.6 is 0 Å². The summed E-state index contributed by atoms with van der Waals surface area (Å²) in [5, 5.41) is 14.0. The number of benzene rings is 1. The van der Waals surface area contributed by atoms with E-state index in [1.54, 1.807) is 19.9 Å². The van der Waals surface area contributed by atoms with Crippen molar-refractivity contribution in [3.05, 3.63) is 58.3 Å². The lowest BCUT2D eigenvalue weighted by Gasteiger charge is -2.64. The number of ketones is 1. The number of aliphatic hydroxyl groups is 1. The van der Waals surface area contributed by atoms with Crippen LogP contribution in [-0.4, -0.2) is 45.3 Å². The maximum Gasteiger partial charge on any atom is 0.303 e. The van der Waals surface area contributed by atoms with Crippen molar-refractivity contribution in [2.75, 3.05) is 0 Å². The molecule has 2 fully saturated rings. The van der Waals surface area contributed by atoms with Crippen molar-refractivity contribution >= 4 is 22.7 Å². The molecular weight excluding hydrogens is 502 g/mol. The molecule has 3 aliphatic carbocycles. The topological polar surface area (TPSA) is 88.6 Å². The van der Waals surface area contributed by atoms with Gasteiger partial charge in [0.05, 0.1) is 11.7 Å². The number of hydrogen-bond acceptors (Lipinski definition) is 5. The monoisotopic (exact) mass is 545 g/mol. The largest absolute Gasteiger partial charge is 0.457 e. The van der Waals surface area contributed by atoms with E-state index < -0.39 is 28.7 Å². The van der Waals surface area contributed by atoms with Crippen LogP contribution in [0.25, 0.3) is 10.9 Å². The Labute approximate surface area is 237 Å². The molecule has 6 atom stereocenters. The quantitative estimate of drug-likeness (QED) is 0.361. The molecule has 0 radical (unpaired) electrons. The van der Waals surface area contributed by atoms with Crippen LogP contribution in [0.15, 0.2) is 41.5 Å². The fourth-order valence-corrected chi connectivity index (χ4v) is 8.90. The first-order valence-corrected chi connectivity index (χ1v) is 14.8.